The van der Waals surface area contributed by atoms with E-state index in [0.717, 1.165) is 36.2 Å². The second kappa shape index (κ2) is 9.80. The number of carbonyl (C=O) groups excluding carboxylic acids is 1. The summed E-state index contributed by atoms with van der Waals surface area (Å²) in [5.41, 5.74) is 0.436. The average molecular weight is 383 g/mol. The van der Waals surface area contributed by atoms with Crippen molar-refractivity contribution in [1.29, 1.82) is 0 Å². The fourth-order valence-electron chi connectivity index (χ4n) is 3.30. The highest BCUT2D eigenvalue weighted by molar-refractivity contribution is 7.92. The van der Waals surface area contributed by atoms with Gasteiger partial charge in [-0.05, 0) is 31.9 Å². The van der Waals surface area contributed by atoms with Crippen LogP contribution in [0.15, 0.2) is 24.3 Å². The van der Waals surface area contributed by atoms with Crippen LogP contribution < -0.4 is 14.4 Å². The lowest BCUT2D eigenvalue weighted by Crippen LogP contribution is -2.44. The number of amides is 1. The highest BCUT2D eigenvalue weighted by atomic mass is 32.2. The molecule has 1 saturated carbocycles. The Hall–Kier alpha value is -1.76. The molecule has 0 radical (unpaired) electrons. The van der Waals surface area contributed by atoms with Gasteiger partial charge in [-0.25, -0.2) is 8.42 Å². The van der Waals surface area contributed by atoms with Crippen molar-refractivity contribution in [3.63, 3.8) is 0 Å². The van der Waals surface area contributed by atoms with Gasteiger partial charge in [0.15, 0.2) is 0 Å². The van der Waals surface area contributed by atoms with Gasteiger partial charge in [-0.15, -0.1) is 0 Å². The summed E-state index contributed by atoms with van der Waals surface area (Å²) in [6.45, 7) is 2.14. The molecule has 0 spiro atoms. The summed E-state index contributed by atoms with van der Waals surface area (Å²) in [5.74, 6) is 0.321. The Bertz CT molecular complexity index is 683. The lowest BCUT2D eigenvalue weighted by atomic mass is 9.97. The standard InChI is InChI=1S/C19H30N2O4S/c1-3-25-18-13-9-12-17(14-18)21(26(2,23)24)15-19(22)20-16-10-7-5-4-6-8-11-16/h9,12-14,16H,3-8,10-11,15H2,1-2H3,(H,20,22). The number of anilines is 1. The maximum Gasteiger partial charge on any atom is 0.240 e. The highest BCUT2D eigenvalue weighted by Crippen LogP contribution is 2.23. The van der Waals surface area contributed by atoms with Gasteiger partial charge < -0.3 is 10.1 Å². The number of ether oxygens (including phenoxy) is 1. The van der Waals surface area contributed by atoms with E-state index in [1.165, 1.54) is 19.3 Å². The van der Waals surface area contributed by atoms with E-state index in [-0.39, 0.29) is 18.5 Å². The van der Waals surface area contributed by atoms with Crippen molar-refractivity contribution in [2.24, 2.45) is 0 Å². The predicted octanol–water partition coefficient (Wildman–Crippen LogP) is 3.08. The van der Waals surface area contributed by atoms with Gasteiger partial charge in [-0.3, -0.25) is 9.10 Å². The van der Waals surface area contributed by atoms with Crippen LogP contribution in [0.25, 0.3) is 0 Å². The molecule has 146 valence electrons. The number of carbonyl (C=O) groups is 1. The van der Waals surface area contributed by atoms with Crippen molar-refractivity contribution in [3.8, 4) is 5.75 Å². The first kappa shape index (κ1) is 20.6. The molecule has 7 heteroatoms. The number of nitrogens with zero attached hydrogens (tertiary/aromatic N) is 1. The number of sulfonamides is 1. The average Bonchev–Trinajstić information content (AvgIpc) is 2.54. The van der Waals surface area contributed by atoms with Gasteiger partial charge in [0.2, 0.25) is 15.9 Å². The molecular weight excluding hydrogens is 352 g/mol. The third kappa shape index (κ3) is 6.52. The van der Waals surface area contributed by atoms with Gasteiger partial charge in [-0.1, -0.05) is 38.2 Å². The van der Waals surface area contributed by atoms with Crippen molar-refractivity contribution in [1.82, 2.24) is 5.32 Å². The minimum absolute atomic E-state index is 0.138. The quantitative estimate of drug-likeness (QED) is 0.786. The number of nitrogens with one attached hydrogen (secondary N) is 1. The highest BCUT2D eigenvalue weighted by Gasteiger charge is 2.23. The van der Waals surface area contributed by atoms with Gasteiger partial charge in [0.25, 0.3) is 0 Å². The molecule has 1 aliphatic carbocycles. The Balaban J connectivity index is 2.07. The summed E-state index contributed by atoms with van der Waals surface area (Å²) in [6.07, 6.45) is 8.92. The second-order valence-electron chi connectivity index (χ2n) is 6.81. The largest absolute Gasteiger partial charge is 0.494 e. The van der Waals surface area contributed by atoms with Crippen molar-refractivity contribution in [3.05, 3.63) is 24.3 Å². The van der Waals surface area contributed by atoms with E-state index in [2.05, 4.69) is 5.32 Å². The SMILES string of the molecule is CCOc1cccc(N(CC(=O)NC2CCCCCCC2)S(C)(=O)=O)c1. The molecule has 0 saturated heterocycles. The van der Waals surface area contributed by atoms with E-state index >= 15 is 0 Å². The minimum atomic E-state index is -3.58. The first-order chi connectivity index (χ1) is 12.4. The maximum atomic E-state index is 12.5. The third-order valence-electron chi connectivity index (χ3n) is 4.57. The van der Waals surface area contributed by atoms with Crippen molar-refractivity contribution >= 4 is 21.6 Å². The fourth-order valence-corrected chi connectivity index (χ4v) is 4.15. The predicted molar refractivity (Wildman–Crippen MR) is 104 cm³/mol. The molecule has 0 bridgehead atoms. The van der Waals surface area contributed by atoms with E-state index in [9.17, 15) is 13.2 Å². The maximum absolute atomic E-state index is 12.5. The Morgan fingerprint density at radius 2 is 1.85 bits per heavy atom. The molecule has 26 heavy (non-hydrogen) atoms. The zero-order valence-electron chi connectivity index (χ0n) is 15.7. The van der Waals surface area contributed by atoms with Crippen LogP contribution in [0.1, 0.15) is 51.9 Å². The second-order valence-corrected chi connectivity index (χ2v) is 8.72. The Morgan fingerprint density at radius 1 is 1.19 bits per heavy atom. The Kier molecular flexibility index (Phi) is 7.75. The number of rotatable bonds is 7. The summed E-state index contributed by atoms with van der Waals surface area (Å²) in [5, 5.41) is 3.02. The number of hydrogen-bond acceptors (Lipinski definition) is 4. The first-order valence-corrected chi connectivity index (χ1v) is 11.2. The zero-order valence-corrected chi connectivity index (χ0v) is 16.6. The molecule has 6 nitrogen and oxygen atoms in total. The van der Waals surface area contributed by atoms with Gasteiger partial charge in [0, 0.05) is 12.1 Å². The lowest BCUT2D eigenvalue weighted by Gasteiger charge is -2.25. The molecule has 1 fully saturated rings. The third-order valence-corrected chi connectivity index (χ3v) is 5.72. The molecule has 0 unspecified atom stereocenters. The van der Waals surface area contributed by atoms with Gasteiger partial charge in [-0.2, -0.15) is 0 Å². The molecule has 1 aromatic rings. The van der Waals surface area contributed by atoms with Crippen molar-refractivity contribution < 1.29 is 17.9 Å². The monoisotopic (exact) mass is 382 g/mol. The molecular formula is C19H30N2O4S. The minimum Gasteiger partial charge on any atom is -0.494 e. The van der Waals surface area contributed by atoms with Crippen LogP contribution >= 0.6 is 0 Å². The van der Waals surface area contributed by atoms with Gasteiger partial charge >= 0.3 is 0 Å². The molecule has 0 atom stereocenters. The summed E-state index contributed by atoms with van der Waals surface area (Å²) < 4.78 is 31.0. The van der Waals surface area contributed by atoms with Crippen LogP contribution in [0.5, 0.6) is 5.75 Å². The van der Waals surface area contributed by atoms with Gasteiger partial charge in [0.1, 0.15) is 12.3 Å². The van der Waals surface area contributed by atoms with E-state index in [4.69, 9.17) is 4.74 Å². The summed E-state index contributed by atoms with van der Waals surface area (Å²) in [6, 6.07) is 6.95. The smallest absolute Gasteiger partial charge is 0.240 e. The van der Waals surface area contributed by atoms with Crippen molar-refractivity contribution in [2.75, 3.05) is 23.7 Å². The summed E-state index contributed by atoms with van der Waals surface area (Å²) >= 11 is 0. The Morgan fingerprint density at radius 3 is 2.46 bits per heavy atom. The molecule has 0 heterocycles. The van der Waals surface area contributed by atoms with Crippen LogP contribution in [-0.2, 0) is 14.8 Å². The molecule has 1 N–H and O–H groups in total. The molecule has 0 aliphatic heterocycles. The van der Waals surface area contributed by atoms with Crippen LogP contribution in [0.4, 0.5) is 5.69 Å². The number of benzene rings is 1. The van der Waals surface area contributed by atoms with E-state index in [1.807, 2.05) is 6.92 Å². The fraction of sp³-hybridized carbons (Fsp3) is 0.632. The normalized spacial score (nSPS) is 16.4. The van der Waals surface area contributed by atoms with Crippen molar-refractivity contribution in [2.45, 2.75) is 57.9 Å². The van der Waals surface area contributed by atoms with Gasteiger partial charge in [0.05, 0.1) is 18.6 Å². The van der Waals surface area contributed by atoms with Crippen LogP contribution in [-0.4, -0.2) is 39.8 Å². The summed E-state index contributed by atoms with van der Waals surface area (Å²) in [7, 11) is -3.58. The van der Waals surface area contributed by atoms with Crippen LogP contribution in [0, 0.1) is 0 Å². The number of hydrogen-bond donors (Lipinski definition) is 1. The first-order valence-electron chi connectivity index (χ1n) is 9.40. The Labute approximate surface area is 157 Å². The van der Waals surface area contributed by atoms with E-state index in [1.54, 1.807) is 24.3 Å². The molecule has 0 aromatic heterocycles. The topological polar surface area (TPSA) is 75.7 Å². The molecule has 2 rings (SSSR count). The molecule has 1 aromatic carbocycles. The molecule has 1 aliphatic rings. The zero-order chi connectivity index (χ0) is 19.0. The van der Waals surface area contributed by atoms with Crippen LogP contribution in [0.3, 0.4) is 0 Å². The lowest BCUT2D eigenvalue weighted by molar-refractivity contribution is -0.120. The molecule has 1 amide bonds. The van der Waals surface area contributed by atoms with E-state index < -0.39 is 10.0 Å². The van der Waals surface area contributed by atoms with E-state index in [0.29, 0.717) is 18.0 Å². The summed E-state index contributed by atoms with van der Waals surface area (Å²) in [4.78, 5) is 12.5. The van der Waals surface area contributed by atoms with Crippen LogP contribution in [0.2, 0.25) is 0 Å².